The van der Waals surface area contributed by atoms with E-state index in [4.69, 9.17) is 4.74 Å². The molecule has 3 aliphatic rings. The first-order valence-electron chi connectivity index (χ1n) is 5.49. The van der Waals surface area contributed by atoms with Crippen LogP contribution in [0.3, 0.4) is 0 Å². The molecule has 1 saturated heterocycles. The SMILES string of the molecule is C=CCC1CC2OC1C1=C2C(=O)C=CC1=O. The van der Waals surface area contributed by atoms with Crippen molar-refractivity contribution in [1.29, 1.82) is 0 Å². The summed E-state index contributed by atoms with van der Waals surface area (Å²) >= 11 is 0. The summed E-state index contributed by atoms with van der Waals surface area (Å²) in [6, 6.07) is 0. The third-order valence-corrected chi connectivity index (χ3v) is 3.54. The van der Waals surface area contributed by atoms with Crippen LogP contribution in [0.4, 0.5) is 0 Å². The van der Waals surface area contributed by atoms with Crippen LogP contribution in [-0.2, 0) is 14.3 Å². The first kappa shape index (κ1) is 9.73. The second-order valence-corrected chi connectivity index (χ2v) is 4.45. The molecular formula is C13H12O3. The smallest absolute Gasteiger partial charge is 0.185 e. The molecule has 0 radical (unpaired) electrons. The average Bonchev–Trinajstić information content (AvgIpc) is 2.82. The van der Waals surface area contributed by atoms with Crippen LogP contribution in [-0.4, -0.2) is 23.8 Å². The number of allylic oxidation sites excluding steroid dienone is 3. The summed E-state index contributed by atoms with van der Waals surface area (Å²) in [6.45, 7) is 3.71. The lowest BCUT2D eigenvalue weighted by Gasteiger charge is -2.22. The Hall–Kier alpha value is -1.48. The molecule has 3 rings (SSSR count). The van der Waals surface area contributed by atoms with Crippen LogP contribution in [0, 0.1) is 5.92 Å². The van der Waals surface area contributed by atoms with E-state index in [2.05, 4.69) is 6.58 Å². The normalized spacial score (nSPS) is 35.9. The highest BCUT2D eigenvalue weighted by Gasteiger charge is 2.50. The maximum Gasteiger partial charge on any atom is 0.185 e. The molecular weight excluding hydrogens is 204 g/mol. The number of hydrogen-bond donors (Lipinski definition) is 0. The molecule has 3 heteroatoms. The lowest BCUT2D eigenvalue weighted by molar-refractivity contribution is -0.115. The summed E-state index contributed by atoms with van der Waals surface area (Å²) < 4.78 is 5.72. The minimum Gasteiger partial charge on any atom is -0.365 e. The molecule has 0 saturated carbocycles. The van der Waals surface area contributed by atoms with Crippen molar-refractivity contribution >= 4 is 11.6 Å². The van der Waals surface area contributed by atoms with Crippen LogP contribution >= 0.6 is 0 Å². The van der Waals surface area contributed by atoms with Crippen molar-refractivity contribution in [2.75, 3.05) is 0 Å². The molecule has 0 aromatic rings. The van der Waals surface area contributed by atoms with Gasteiger partial charge in [0.2, 0.25) is 0 Å². The van der Waals surface area contributed by atoms with E-state index in [0.717, 1.165) is 12.8 Å². The van der Waals surface area contributed by atoms with E-state index < -0.39 is 0 Å². The van der Waals surface area contributed by atoms with Crippen molar-refractivity contribution in [1.82, 2.24) is 0 Å². The lowest BCUT2D eigenvalue weighted by Crippen LogP contribution is -2.28. The largest absolute Gasteiger partial charge is 0.365 e. The summed E-state index contributed by atoms with van der Waals surface area (Å²) in [5.41, 5.74) is 1.22. The predicted octanol–water partition coefficient (Wildman–Crippen LogP) is 1.35. The van der Waals surface area contributed by atoms with Gasteiger partial charge < -0.3 is 4.74 Å². The molecule has 3 atom stereocenters. The van der Waals surface area contributed by atoms with Gasteiger partial charge in [-0.2, -0.15) is 0 Å². The summed E-state index contributed by atoms with van der Waals surface area (Å²) in [4.78, 5) is 23.4. The Bertz CT molecular complexity index is 456. The average molecular weight is 216 g/mol. The standard InChI is InChI=1S/C13H12O3/c1-2-3-7-6-10-11-8(14)4-5-9(15)12(11)13(7)16-10/h2,4-5,7,10,13H,1,3,6H2. The van der Waals surface area contributed by atoms with Gasteiger partial charge in [0, 0.05) is 11.1 Å². The first-order chi connectivity index (χ1) is 7.72. The Labute approximate surface area is 93.5 Å². The Kier molecular flexibility index (Phi) is 1.98. The highest BCUT2D eigenvalue weighted by Crippen LogP contribution is 2.46. The molecule has 0 amide bonds. The topological polar surface area (TPSA) is 43.4 Å². The van der Waals surface area contributed by atoms with Gasteiger partial charge in [-0.25, -0.2) is 0 Å². The number of hydrogen-bond acceptors (Lipinski definition) is 3. The van der Waals surface area contributed by atoms with Crippen molar-refractivity contribution < 1.29 is 14.3 Å². The molecule has 82 valence electrons. The van der Waals surface area contributed by atoms with Crippen LogP contribution in [0.25, 0.3) is 0 Å². The van der Waals surface area contributed by atoms with Gasteiger partial charge in [-0.3, -0.25) is 9.59 Å². The summed E-state index contributed by atoms with van der Waals surface area (Å²) in [5.74, 6) is 0.194. The zero-order valence-electron chi connectivity index (χ0n) is 8.81. The first-order valence-corrected chi connectivity index (χ1v) is 5.49. The fourth-order valence-electron chi connectivity index (χ4n) is 2.89. The Balaban J connectivity index is 2.01. The lowest BCUT2D eigenvalue weighted by atomic mass is 9.77. The molecule has 0 spiro atoms. The van der Waals surface area contributed by atoms with Crippen LogP contribution in [0.2, 0.25) is 0 Å². The minimum atomic E-state index is -0.181. The molecule has 1 aliphatic carbocycles. The molecule has 0 N–H and O–H groups in total. The van der Waals surface area contributed by atoms with Crippen molar-refractivity contribution in [2.24, 2.45) is 5.92 Å². The molecule has 0 aromatic heterocycles. The fraction of sp³-hybridized carbons (Fsp3) is 0.385. The van der Waals surface area contributed by atoms with E-state index >= 15 is 0 Å². The quantitative estimate of drug-likeness (QED) is 0.517. The van der Waals surface area contributed by atoms with Crippen LogP contribution in [0.1, 0.15) is 12.8 Å². The van der Waals surface area contributed by atoms with Crippen molar-refractivity contribution in [3.8, 4) is 0 Å². The Morgan fingerprint density at radius 2 is 2.00 bits per heavy atom. The molecule has 2 bridgehead atoms. The van der Waals surface area contributed by atoms with Crippen LogP contribution in [0.15, 0.2) is 36.0 Å². The van der Waals surface area contributed by atoms with Gasteiger partial charge >= 0.3 is 0 Å². The minimum absolute atomic E-state index is 0.0563. The number of ether oxygens (including phenoxy) is 1. The van der Waals surface area contributed by atoms with Gasteiger partial charge in [0.25, 0.3) is 0 Å². The second kappa shape index (κ2) is 3.25. The van der Waals surface area contributed by atoms with E-state index in [1.165, 1.54) is 12.2 Å². The van der Waals surface area contributed by atoms with E-state index in [0.29, 0.717) is 17.1 Å². The molecule has 3 unspecified atom stereocenters. The number of carbonyl (C=O) groups is 2. The molecule has 16 heavy (non-hydrogen) atoms. The van der Waals surface area contributed by atoms with Gasteiger partial charge in [0.1, 0.15) is 0 Å². The number of fused-ring (bicyclic) bond motifs is 4. The maximum absolute atomic E-state index is 11.8. The zero-order chi connectivity index (χ0) is 11.3. The summed E-state index contributed by atoms with van der Waals surface area (Å²) in [5, 5.41) is 0. The Morgan fingerprint density at radius 1 is 1.31 bits per heavy atom. The van der Waals surface area contributed by atoms with Crippen molar-refractivity contribution in [3.63, 3.8) is 0 Å². The summed E-state index contributed by atoms with van der Waals surface area (Å²) in [7, 11) is 0. The van der Waals surface area contributed by atoms with Crippen molar-refractivity contribution in [2.45, 2.75) is 25.0 Å². The Morgan fingerprint density at radius 3 is 2.69 bits per heavy atom. The number of carbonyl (C=O) groups excluding carboxylic acids is 2. The van der Waals surface area contributed by atoms with Gasteiger partial charge in [-0.15, -0.1) is 6.58 Å². The highest BCUT2D eigenvalue weighted by molar-refractivity contribution is 6.21. The third-order valence-electron chi connectivity index (χ3n) is 3.54. The monoisotopic (exact) mass is 216 g/mol. The molecule has 1 fully saturated rings. The zero-order valence-corrected chi connectivity index (χ0v) is 8.81. The third kappa shape index (κ3) is 1.12. The van der Waals surface area contributed by atoms with Gasteiger partial charge in [-0.05, 0) is 30.9 Å². The highest BCUT2D eigenvalue weighted by atomic mass is 16.5. The van der Waals surface area contributed by atoms with Crippen LogP contribution in [0.5, 0.6) is 0 Å². The number of rotatable bonds is 2. The molecule has 3 nitrogen and oxygen atoms in total. The second-order valence-electron chi connectivity index (χ2n) is 4.45. The maximum atomic E-state index is 11.8. The molecule has 0 aromatic carbocycles. The van der Waals surface area contributed by atoms with E-state index in [1.807, 2.05) is 6.08 Å². The van der Waals surface area contributed by atoms with Gasteiger partial charge in [0.15, 0.2) is 11.6 Å². The summed E-state index contributed by atoms with van der Waals surface area (Å²) in [6.07, 6.45) is 5.89. The van der Waals surface area contributed by atoms with Crippen molar-refractivity contribution in [3.05, 3.63) is 36.0 Å². The van der Waals surface area contributed by atoms with Gasteiger partial charge in [0.05, 0.1) is 12.2 Å². The molecule has 2 aliphatic heterocycles. The van der Waals surface area contributed by atoms with E-state index in [1.54, 1.807) is 0 Å². The molecule has 2 heterocycles. The van der Waals surface area contributed by atoms with E-state index in [9.17, 15) is 9.59 Å². The van der Waals surface area contributed by atoms with E-state index in [-0.39, 0.29) is 23.8 Å². The van der Waals surface area contributed by atoms with Crippen LogP contribution < -0.4 is 0 Å². The predicted molar refractivity (Wildman–Crippen MR) is 57.8 cm³/mol. The fourth-order valence-corrected chi connectivity index (χ4v) is 2.89. The number of ketones is 2. The van der Waals surface area contributed by atoms with Gasteiger partial charge in [-0.1, -0.05) is 6.08 Å².